The SMILES string of the molecule is CCc1c(C)nc(C)c(-c2ccc(C(=O)NCc3ccccc3)cc2)c1N1CCC2(CC1)CC2(F)F. The number of alkyl halides is 2. The van der Waals surface area contributed by atoms with Crippen LogP contribution in [-0.4, -0.2) is 29.9 Å². The van der Waals surface area contributed by atoms with Crippen LogP contribution in [0.15, 0.2) is 54.6 Å². The van der Waals surface area contributed by atoms with E-state index < -0.39 is 11.3 Å². The summed E-state index contributed by atoms with van der Waals surface area (Å²) in [5.74, 6) is -2.62. The third-order valence-electron chi connectivity index (χ3n) is 7.99. The van der Waals surface area contributed by atoms with Crippen molar-refractivity contribution in [3.63, 3.8) is 0 Å². The predicted octanol–water partition coefficient (Wildman–Crippen LogP) is 6.48. The van der Waals surface area contributed by atoms with Crippen molar-refractivity contribution in [3.8, 4) is 11.1 Å². The summed E-state index contributed by atoms with van der Waals surface area (Å²) in [6.45, 7) is 7.87. The summed E-state index contributed by atoms with van der Waals surface area (Å²) in [5, 5.41) is 2.97. The zero-order valence-electron chi connectivity index (χ0n) is 21.2. The second-order valence-electron chi connectivity index (χ2n) is 10.2. The number of hydrogen-bond acceptors (Lipinski definition) is 3. The van der Waals surface area contributed by atoms with E-state index in [4.69, 9.17) is 4.98 Å². The van der Waals surface area contributed by atoms with Gasteiger partial charge in [-0.25, -0.2) is 8.78 Å². The van der Waals surface area contributed by atoms with Gasteiger partial charge in [-0.2, -0.15) is 0 Å². The lowest BCUT2D eigenvalue weighted by molar-refractivity contribution is 0.0537. The highest BCUT2D eigenvalue weighted by atomic mass is 19.3. The maximum atomic E-state index is 14.0. The third-order valence-corrected chi connectivity index (χ3v) is 7.99. The topological polar surface area (TPSA) is 45.2 Å². The molecule has 0 unspecified atom stereocenters. The second-order valence-corrected chi connectivity index (χ2v) is 10.2. The first-order valence-corrected chi connectivity index (χ1v) is 12.8. The van der Waals surface area contributed by atoms with Crippen LogP contribution < -0.4 is 10.2 Å². The highest BCUT2D eigenvalue weighted by Gasteiger charge is 2.70. The maximum Gasteiger partial charge on any atom is 0.254 e. The van der Waals surface area contributed by atoms with Crippen LogP contribution in [0.3, 0.4) is 0 Å². The van der Waals surface area contributed by atoms with E-state index in [-0.39, 0.29) is 12.3 Å². The Morgan fingerprint density at radius 2 is 1.64 bits per heavy atom. The molecule has 1 spiro atoms. The molecule has 6 heteroatoms. The number of hydrogen-bond donors (Lipinski definition) is 1. The molecule has 4 nitrogen and oxygen atoms in total. The number of nitrogens with one attached hydrogen (secondary N) is 1. The quantitative estimate of drug-likeness (QED) is 0.431. The van der Waals surface area contributed by atoms with Gasteiger partial charge in [0, 0.05) is 54.0 Å². The van der Waals surface area contributed by atoms with Crippen molar-refractivity contribution in [1.29, 1.82) is 0 Å². The predicted molar refractivity (Wildman–Crippen MR) is 140 cm³/mol. The zero-order chi connectivity index (χ0) is 25.5. The molecule has 1 N–H and O–H groups in total. The fourth-order valence-corrected chi connectivity index (χ4v) is 5.74. The lowest BCUT2D eigenvalue weighted by atomic mass is 9.89. The Bertz CT molecular complexity index is 1260. The minimum Gasteiger partial charge on any atom is -0.371 e. The highest BCUT2D eigenvalue weighted by Crippen LogP contribution is 2.66. The van der Waals surface area contributed by atoms with E-state index in [1.165, 1.54) is 5.56 Å². The number of pyridine rings is 1. The Kier molecular flexibility index (Phi) is 6.31. The fourth-order valence-electron chi connectivity index (χ4n) is 5.74. The third kappa shape index (κ3) is 4.38. The Morgan fingerprint density at radius 1 is 1.00 bits per heavy atom. The zero-order valence-corrected chi connectivity index (χ0v) is 21.2. The van der Waals surface area contributed by atoms with Crippen LogP contribution in [0.5, 0.6) is 0 Å². The highest BCUT2D eigenvalue weighted by molar-refractivity contribution is 5.95. The second kappa shape index (κ2) is 9.30. The Morgan fingerprint density at radius 3 is 2.22 bits per heavy atom. The standard InChI is InChI=1S/C30H33F2N3O/c1-4-25-20(2)34-21(3)26(27(25)35-16-14-29(15-17-35)19-30(29,31)32)23-10-12-24(13-11-23)28(36)33-18-22-8-6-5-7-9-22/h5-13H,4,14-19H2,1-3H3,(H,33,36). The summed E-state index contributed by atoms with van der Waals surface area (Å²) in [6.07, 6.45) is 1.88. The first kappa shape index (κ1) is 24.4. The average Bonchev–Trinajstić information content (AvgIpc) is 3.41. The van der Waals surface area contributed by atoms with Crippen LogP contribution in [0.1, 0.15) is 59.1 Å². The number of halogens is 2. The number of amides is 1. The lowest BCUT2D eigenvalue weighted by Crippen LogP contribution is -2.37. The van der Waals surface area contributed by atoms with Crippen LogP contribution in [-0.2, 0) is 13.0 Å². The summed E-state index contributed by atoms with van der Waals surface area (Å²) >= 11 is 0. The van der Waals surface area contributed by atoms with Gasteiger partial charge in [-0.3, -0.25) is 9.78 Å². The van der Waals surface area contributed by atoms with Gasteiger partial charge in [-0.05, 0) is 61.9 Å². The summed E-state index contributed by atoms with van der Waals surface area (Å²) in [4.78, 5) is 19.8. The van der Waals surface area contributed by atoms with Crippen LogP contribution in [0.2, 0.25) is 0 Å². The van der Waals surface area contributed by atoms with E-state index >= 15 is 0 Å². The van der Waals surface area contributed by atoms with Crippen LogP contribution >= 0.6 is 0 Å². The van der Waals surface area contributed by atoms with Crippen LogP contribution in [0.25, 0.3) is 11.1 Å². The van der Waals surface area contributed by atoms with Crippen molar-refractivity contribution < 1.29 is 13.6 Å². The van der Waals surface area contributed by atoms with Gasteiger partial charge in [-0.15, -0.1) is 0 Å². The minimum atomic E-state index is -2.50. The molecule has 2 heterocycles. The first-order chi connectivity index (χ1) is 17.2. The van der Waals surface area contributed by atoms with E-state index in [0.717, 1.165) is 40.2 Å². The van der Waals surface area contributed by atoms with Gasteiger partial charge in [0.2, 0.25) is 0 Å². The van der Waals surface area contributed by atoms with Crippen molar-refractivity contribution >= 4 is 11.6 Å². The summed E-state index contributed by atoms with van der Waals surface area (Å²) in [7, 11) is 0. The number of nitrogens with zero attached hydrogens (tertiary/aromatic N) is 2. The molecule has 3 aromatic rings. The molecule has 2 fully saturated rings. The Labute approximate surface area is 211 Å². The molecule has 36 heavy (non-hydrogen) atoms. The van der Waals surface area contributed by atoms with Gasteiger partial charge < -0.3 is 10.2 Å². The van der Waals surface area contributed by atoms with Crippen molar-refractivity contribution in [2.75, 3.05) is 18.0 Å². The number of piperidine rings is 1. The molecule has 1 saturated heterocycles. The van der Waals surface area contributed by atoms with E-state index in [1.54, 1.807) is 0 Å². The van der Waals surface area contributed by atoms with E-state index in [0.29, 0.717) is 38.0 Å². The van der Waals surface area contributed by atoms with Crippen LogP contribution in [0.4, 0.5) is 14.5 Å². The maximum absolute atomic E-state index is 14.0. The number of aryl methyl sites for hydroxylation is 2. The number of carbonyl (C=O) groups excluding carboxylic acids is 1. The molecule has 0 radical (unpaired) electrons. The average molecular weight is 490 g/mol. The molecule has 2 aliphatic rings. The smallest absolute Gasteiger partial charge is 0.254 e. The molecule has 2 aromatic carbocycles. The van der Waals surface area contributed by atoms with Gasteiger partial charge in [0.15, 0.2) is 0 Å². The number of anilines is 1. The molecule has 1 saturated carbocycles. The summed E-state index contributed by atoms with van der Waals surface area (Å²) in [6, 6.07) is 17.5. The normalized spacial score (nSPS) is 17.8. The van der Waals surface area contributed by atoms with Crippen molar-refractivity contribution in [1.82, 2.24) is 10.3 Å². The van der Waals surface area contributed by atoms with E-state index in [1.807, 2.05) is 68.4 Å². The molecular formula is C30H33F2N3O. The molecular weight excluding hydrogens is 456 g/mol. The van der Waals surface area contributed by atoms with Gasteiger partial charge in [0.1, 0.15) is 0 Å². The fraction of sp³-hybridized carbons (Fsp3) is 0.400. The molecule has 1 aliphatic carbocycles. The van der Waals surface area contributed by atoms with E-state index in [9.17, 15) is 13.6 Å². The van der Waals surface area contributed by atoms with Crippen molar-refractivity contribution in [2.24, 2.45) is 5.41 Å². The largest absolute Gasteiger partial charge is 0.371 e. The number of carbonyl (C=O) groups is 1. The Hall–Kier alpha value is -3.28. The molecule has 0 bridgehead atoms. The lowest BCUT2D eigenvalue weighted by Gasteiger charge is -2.37. The number of aromatic nitrogens is 1. The summed E-state index contributed by atoms with van der Waals surface area (Å²) in [5.41, 5.74) is 7.06. The molecule has 5 rings (SSSR count). The first-order valence-electron chi connectivity index (χ1n) is 12.8. The molecule has 0 atom stereocenters. The van der Waals surface area contributed by atoms with Crippen molar-refractivity contribution in [2.45, 2.75) is 58.9 Å². The molecule has 1 aromatic heterocycles. The molecule has 188 valence electrons. The minimum absolute atomic E-state index is 0.0313. The Balaban J connectivity index is 1.41. The number of benzene rings is 2. The van der Waals surface area contributed by atoms with Crippen LogP contribution in [0, 0.1) is 19.3 Å². The molecule has 1 aliphatic heterocycles. The van der Waals surface area contributed by atoms with Gasteiger partial charge in [0.25, 0.3) is 11.8 Å². The molecule has 1 amide bonds. The number of rotatable bonds is 6. The van der Waals surface area contributed by atoms with Gasteiger partial charge in [0.05, 0.1) is 5.69 Å². The monoisotopic (exact) mass is 489 g/mol. The van der Waals surface area contributed by atoms with E-state index in [2.05, 4.69) is 17.1 Å². The van der Waals surface area contributed by atoms with Crippen molar-refractivity contribution in [3.05, 3.63) is 82.7 Å². The summed E-state index contributed by atoms with van der Waals surface area (Å²) < 4.78 is 28.0. The van der Waals surface area contributed by atoms with Gasteiger partial charge >= 0.3 is 0 Å². The van der Waals surface area contributed by atoms with Gasteiger partial charge in [-0.1, -0.05) is 49.4 Å².